The summed E-state index contributed by atoms with van der Waals surface area (Å²) in [5, 5.41) is 0.507. The molecule has 2 rings (SSSR count). The lowest BCUT2D eigenvalue weighted by molar-refractivity contribution is 1.02. The van der Waals surface area contributed by atoms with Crippen LogP contribution in [0.25, 0.3) is 5.57 Å². The van der Waals surface area contributed by atoms with Gasteiger partial charge in [0.2, 0.25) is 0 Å². The first kappa shape index (κ1) is 9.41. The fourth-order valence-corrected chi connectivity index (χ4v) is 1.68. The Bertz CT molecular complexity index is 387. The molecule has 1 aliphatic rings. The van der Waals surface area contributed by atoms with Crippen LogP contribution in [0.5, 0.6) is 0 Å². The van der Waals surface area contributed by atoms with Gasteiger partial charge in [-0.25, -0.2) is 9.97 Å². The maximum absolute atomic E-state index is 5.87. The van der Waals surface area contributed by atoms with Crippen molar-refractivity contribution >= 4 is 17.2 Å². The number of hydrogen-bond donors (Lipinski definition) is 0. The SMILES string of the molecule is Cc1cc(Cl)nc(C2=CCCC=C2)n1. The molecule has 1 aromatic rings. The van der Waals surface area contributed by atoms with E-state index in [0.29, 0.717) is 5.15 Å². The minimum Gasteiger partial charge on any atom is -0.233 e. The van der Waals surface area contributed by atoms with Crippen LogP contribution in [0, 0.1) is 6.92 Å². The average molecular weight is 207 g/mol. The fraction of sp³-hybridized carbons (Fsp3) is 0.273. The van der Waals surface area contributed by atoms with Crippen molar-refractivity contribution in [2.75, 3.05) is 0 Å². The van der Waals surface area contributed by atoms with Gasteiger partial charge in [0.25, 0.3) is 0 Å². The molecule has 0 unspecified atom stereocenters. The standard InChI is InChI=1S/C11H11ClN2/c1-8-7-10(12)14-11(13-8)9-5-3-2-4-6-9/h3,5-7H,2,4H2,1H3. The maximum Gasteiger partial charge on any atom is 0.160 e. The summed E-state index contributed by atoms with van der Waals surface area (Å²) in [6.07, 6.45) is 8.48. The Hall–Kier alpha value is -1.15. The van der Waals surface area contributed by atoms with Gasteiger partial charge in [0.15, 0.2) is 5.82 Å². The molecule has 0 saturated carbocycles. The third-order valence-corrected chi connectivity index (χ3v) is 2.27. The van der Waals surface area contributed by atoms with Crippen molar-refractivity contribution < 1.29 is 0 Å². The molecule has 1 aromatic heterocycles. The van der Waals surface area contributed by atoms with Crippen molar-refractivity contribution in [2.24, 2.45) is 0 Å². The molecule has 0 amide bonds. The maximum atomic E-state index is 5.87. The third kappa shape index (κ3) is 2.02. The number of allylic oxidation sites excluding steroid dienone is 4. The third-order valence-electron chi connectivity index (χ3n) is 2.08. The predicted molar refractivity (Wildman–Crippen MR) is 58.1 cm³/mol. The summed E-state index contributed by atoms with van der Waals surface area (Å²) in [7, 11) is 0. The molecule has 0 spiro atoms. The summed E-state index contributed by atoms with van der Waals surface area (Å²) in [6.45, 7) is 1.92. The van der Waals surface area contributed by atoms with Crippen molar-refractivity contribution in [3.63, 3.8) is 0 Å². The van der Waals surface area contributed by atoms with E-state index in [1.807, 2.05) is 6.92 Å². The largest absolute Gasteiger partial charge is 0.233 e. The fourth-order valence-electron chi connectivity index (χ4n) is 1.44. The Morgan fingerprint density at radius 3 is 2.79 bits per heavy atom. The predicted octanol–water partition coefficient (Wildman–Crippen LogP) is 3.17. The minimum atomic E-state index is 0.507. The van der Waals surface area contributed by atoms with Gasteiger partial charge in [0.1, 0.15) is 5.15 Å². The van der Waals surface area contributed by atoms with Crippen molar-refractivity contribution in [3.05, 3.63) is 41.0 Å². The molecule has 0 aromatic carbocycles. The van der Waals surface area contributed by atoms with Gasteiger partial charge in [-0.05, 0) is 25.8 Å². The molecular weight excluding hydrogens is 196 g/mol. The highest BCUT2D eigenvalue weighted by molar-refractivity contribution is 6.29. The summed E-state index contributed by atoms with van der Waals surface area (Å²) in [6, 6.07) is 1.76. The van der Waals surface area contributed by atoms with Crippen LogP contribution in [0.4, 0.5) is 0 Å². The first-order valence-electron chi connectivity index (χ1n) is 4.64. The molecule has 0 saturated heterocycles. The number of hydrogen-bond acceptors (Lipinski definition) is 2. The number of halogens is 1. The van der Waals surface area contributed by atoms with Crippen LogP contribution in [-0.4, -0.2) is 9.97 Å². The Morgan fingerprint density at radius 1 is 1.29 bits per heavy atom. The van der Waals surface area contributed by atoms with E-state index >= 15 is 0 Å². The van der Waals surface area contributed by atoms with Gasteiger partial charge in [-0.2, -0.15) is 0 Å². The molecule has 0 radical (unpaired) electrons. The molecule has 0 atom stereocenters. The lowest BCUT2D eigenvalue weighted by Crippen LogP contribution is -1.96. The van der Waals surface area contributed by atoms with Gasteiger partial charge in [-0.3, -0.25) is 0 Å². The number of nitrogens with zero attached hydrogens (tertiary/aromatic N) is 2. The molecule has 72 valence electrons. The van der Waals surface area contributed by atoms with Gasteiger partial charge in [0, 0.05) is 11.3 Å². The van der Waals surface area contributed by atoms with Crippen LogP contribution in [0.15, 0.2) is 24.3 Å². The summed E-state index contributed by atoms with van der Waals surface area (Å²) < 4.78 is 0. The molecule has 0 N–H and O–H groups in total. The zero-order chi connectivity index (χ0) is 9.97. The number of aryl methyl sites for hydroxylation is 1. The lowest BCUT2D eigenvalue weighted by atomic mass is 10.1. The summed E-state index contributed by atoms with van der Waals surface area (Å²) in [5.74, 6) is 0.728. The zero-order valence-corrected chi connectivity index (χ0v) is 8.75. The summed E-state index contributed by atoms with van der Waals surface area (Å²) in [5.41, 5.74) is 1.97. The van der Waals surface area contributed by atoms with Crippen LogP contribution in [0.3, 0.4) is 0 Å². The van der Waals surface area contributed by atoms with E-state index in [1.54, 1.807) is 6.07 Å². The second-order valence-corrected chi connectivity index (χ2v) is 3.68. The Kier molecular flexibility index (Phi) is 2.64. The van der Waals surface area contributed by atoms with Crippen molar-refractivity contribution in [3.8, 4) is 0 Å². The van der Waals surface area contributed by atoms with E-state index in [2.05, 4.69) is 28.2 Å². The first-order chi connectivity index (χ1) is 6.75. The van der Waals surface area contributed by atoms with E-state index < -0.39 is 0 Å². The number of aromatic nitrogens is 2. The van der Waals surface area contributed by atoms with Gasteiger partial charge in [-0.1, -0.05) is 29.8 Å². The Morgan fingerprint density at radius 2 is 2.14 bits per heavy atom. The van der Waals surface area contributed by atoms with Crippen LogP contribution in [0.1, 0.15) is 24.4 Å². The van der Waals surface area contributed by atoms with Gasteiger partial charge >= 0.3 is 0 Å². The normalized spacial score (nSPS) is 15.4. The highest BCUT2D eigenvalue weighted by atomic mass is 35.5. The molecular formula is C11H11ClN2. The van der Waals surface area contributed by atoms with Crippen molar-refractivity contribution in [1.29, 1.82) is 0 Å². The topological polar surface area (TPSA) is 25.8 Å². The van der Waals surface area contributed by atoms with E-state index in [0.717, 1.165) is 29.9 Å². The van der Waals surface area contributed by atoms with Gasteiger partial charge < -0.3 is 0 Å². The van der Waals surface area contributed by atoms with Crippen LogP contribution in [0.2, 0.25) is 5.15 Å². The second kappa shape index (κ2) is 3.93. The van der Waals surface area contributed by atoms with E-state index in [4.69, 9.17) is 11.6 Å². The average Bonchev–Trinajstić information content (AvgIpc) is 2.18. The Labute approximate surface area is 88.3 Å². The molecule has 1 heterocycles. The quantitative estimate of drug-likeness (QED) is 0.660. The van der Waals surface area contributed by atoms with Gasteiger partial charge in [-0.15, -0.1) is 0 Å². The van der Waals surface area contributed by atoms with Crippen LogP contribution < -0.4 is 0 Å². The van der Waals surface area contributed by atoms with Crippen molar-refractivity contribution in [1.82, 2.24) is 9.97 Å². The second-order valence-electron chi connectivity index (χ2n) is 3.29. The summed E-state index contributed by atoms with van der Waals surface area (Å²) >= 11 is 5.87. The minimum absolute atomic E-state index is 0.507. The molecule has 0 aliphatic heterocycles. The van der Waals surface area contributed by atoms with E-state index in [1.165, 1.54) is 0 Å². The van der Waals surface area contributed by atoms with Crippen LogP contribution in [-0.2, 0) is 0 Å². The zero-order valence-electron chi connectivity index (χ0n) is 8.00. The number of rotatable bonds is 1. The monoisotopic (exact) mass is 206 g/mol. The Balaban J connectivity index is 2.40. The molecule has 1 aliphatic carbocycles. The molecule has 0 bridgehead atoms. The molecule has 0 fully saturated rings. The summed E-state index contributed by atoms with van der Waals surface area (Å²) in [4.78, 5) is 8.54. The van der Waals surface area contributed by atoms with Crippen molar-refractivity contribution in [2.45, 2.75) is 19.8 Å². The van der Waals surface area contributed by atoms with E-state index in [9.17, 15) is 0 Å². The van der Waals surface area contributed by atoms with Crippen LogP contribution >= 0.6 is 11.6 Å². The molecule has 14 heavy (non-hydrogen) atoms. The lowest BCUT2D eigenvalue weighted by Gasteiger charge is -2.06. The highest BCUT2D eigenvalue weighted by Gasteiger charge is 2.05. The van der Waals surface area contributed by atoms with E-state index in [-0.39, 0.29) is 0 Å². The highest BCUT2D eigenvalue weighted by Crippen LogP contribution is 2.19. The van der Waals surface area contributed by atoms with Gasteiger partial charge in [0.05, 0.1) is 0 Å². The molecule has 3 heteroatoms. The first-order valence-corrected chi connectivity index (χ1v) is 5.02. The smallest absolute Gasteiger partial charge is 0.160 e. The molecule has 2 nitrogen and oxygen atoms in total.